The van der Waals surface area contributed by atoms with Gasteiger partial charge in [0.1, 0.15) is 0 Å². The standard InChI is InChI=1S/C16H22ClNO2/c1-2-16(5-3-6-16)18-11-12-9-13(17)15-14(10-12)19-7-4-8-20-15/h9-10,18H,2-8,11H2,1H3. The minimum atomic E-state index is 0.344. The van der Waals surface area contributed by atoms with E-state index in [1.54, 1.807) is 0 Å². The zero-order valence-electron chi connectivity index (χ0n) is 12.0. The molecule has 1 aromatic carbocycles. The Balaban J connectivity index is 1.74. The average molecular weight is 296 g/mol. The molecule has 0 atom stereocenters. The van der Waals surface area contributed by atoms with Crippen molar-refractivity contribution in [2.24, 2.45) is 0 Å². The summed E-state index contributed by atoms with van der Waals surface area (Å²) in [5.41, 5.74) is 1.51. The summed E-state index contributed by atoms with van der Waals surface area (Å²) >= 11 is 6.32. The first-order chi connectivity index (χ1) is 9.72. The number of rotatable bonds is 4. The van der Waals surface area contributed by atoms with E-state index in [-0.39, 0.29) is 0 Å². The second-order valence-electron chi connectivity index (χ2n) is 5.80. The van der Waals surface area contributed by atoms with Crippen LogP contribution in [-0.4, -0.2) is 18.8 Å². The molecule has 0 radical (unpaired) electrons. The van der Waals surface area contributed by atoms with Gasteiger partial charge in [0.15, 0.2) is 11.5 Å². The van der Waals surface area contributed by atoms with Gasteiger partial charge in [0, 0.05) is 18.5 Å². The van der Waals surface area contributed by atoms with Crippen LogP contribution >= 0.6 is 11.6 Å². The molecule has 1 saturated carbocycles. The molecule has 2 aliphatic rings. The van der Waals surface area contributed by atoms with E-state index in [9.17, 15) is 0 Å². The van der Waals surface area contributed by atoms with Crippen LogP contribution in [0, 0.1) is 0 Å². The smallest absolute Gasteiger partial charge is 0.179 e. The zero-order chi connectivity index (χ0) is 14.0. The third-order valence-electron chi connectivity index (χ3n) is 4.52. The monoisotopic (exact) mass is 295 g/mol. The fraction of sp³-hybridized carbons (Fsp3) is 0.625. The van der Waals surface area contributed by atoms with Crippen LogP contribution in [0.25, 0.3) is 0 Å². The molecule has 0 saturated heterocycles. The summed E-state index contributed by atoms with van der Waals surface area (Å²) in [7, 11) is 0. The second-order valence-corrected chi connectivity index (χ2v) is 6.20. The molecule has 0 amide bonds. The van der Waals surface area contributed by atoms with E-state index in [4.69, 9.17) is 21.1 Å². The van der Waals surface area contributed by atoms with Gasteiger partial charge in [-0.3, -0.25) is 0 Å². The number of halogens is 1. The molecule has 1 heterocycles. The van der Waals surface area contributed by atoms with Gasteiger partial charge >= 0.3 is 0 Å². The molecule has 1 fully saturated rings. The fourth-order valence-corrected chi connectivity index (χ4v) is 3.22. The number of fused-ring (bicyclic) bond motifs is 1. The maximum atomic E-state index is 6.32. The van der Waals surface area contributed by atoms with Gasteiger partial charge in [0.05, 0.1) is 18.2 Å². The fourth-order valence-electron chi connectivity index (χ4n) is 2.93. The molecule has 1 N–H and O–H groups in total. The Morgan fingerprint density at radius 3 is 2.70 bits per heavy atom. The van der Waals surface area contributed by atoms with Crippen molar-refractivity contribution in [3.8, 4) is 11.5 Å². The number of nitrogens with one attached hydrogen (secondary N) is 1. The Labute approximate surface area is 125 Å². The van der Waals surface area contributed by atoms with Gasteiger partial charge in [0.2, 0.25) is 0 Å². The van der Waals surface area contributed by atoms with E-state index < -0.39 is 0 Å². The van der Waals surface area contributed by atoms with Crippen molar-refractivity contribution in [1.82, 2.24) is 5.32 Å². The van der Waals surface area contributed by atoms with Crippen LogP contribution in [0.1, 0.15) is 44.6 Å². The number of hydrogen-bond acceptors (Lipinski definition) is 3. The van der Waals surface area contributed by atoms with E-state index in [0.717, 1.165) is 18.7 Å². The van der Waals surface area contributed by atoms with Crippen LogP contribution < -0.4 is 14.8 Å². The molecule has 3 rings (SSSR count). The number of ether oxygens (including phenoxy) is 2. The molecule has 110 valence electrons. The molecule has 0 unspecified atom stereocenters. The quantitative estimate of drug-likeness (QED) is 0.913. The van der Waals surface area contributed by atoms with Crippen molar-refractivity contribution < 1.29 is 9.47 Å². The van der Waals surface area contributed by atoms with Gasteiger partial charge in [-0.05, 0) is 43.4 Å². The maximum Gasteiger partial charge on any atom is 0.179 e. The Hall–Kier alpha value is -0.930. The Morgan fingerprint density at radius 1 is 1.20 bits per heavy atom. The summed E-state index contributed by atoms with van der Waals surface area (Å²) in [6.07, 6.45) is 5.98. The molecule has 0 bridgehead atoms. The maximum absolute atomic E-state index is 6.32. The summed E-state index contributed by atoms with van der Waals surface area (Å²) < 4.78 is 11.4. The Kier molecular flexibility index (Phi) is 4.08. The molecular weight excluding hydrogens is 274 g/mol. The first-order valence-corrected chi connectivity index (χ1v) is 7.93. The van der Waals surface area contributed by atoms with Gasteiger partial charge in [-0.25, -0.2) is 0 Å². The topological polar surface area (TPSA) is 30.5 Å². The molecule has 3 nitrogen and oxygen atoms in total. The van der Waals surface area contributed by atoms with E-state index in [2.05, 4.69) is 18.3 Å². The van der Waals surface area contributed by atoms with Crippen molar-refractivity contribution in [3.05, 3.63) is 22.7 Å². The zero-order valence-corrected chi connectivity index (χ0v) is 12.8. The van der Waals surface area contributed by atoms with Crippen LogP contribution in [-0.2, 0) is 6.54 Å². The first-order valence-electron chi connectivity index (χ1n) is 7.55. The van der Waals surface area contributed by atoms with Crippen LogP contribution in [0.4, 0.5) is 0 Å². The summed E-state index contributed by atoms with van der Waals surface area (Å²) in [4.78, 5) is 0. The second kappa shape index (κ2) is 5.82. The lowest BCUT2D eigenvalue weighted by Gasteiger charge is -2.42. The molecule has 1 aliphatic carbocycles. The largest absolute Gasteiger partial charge is 0.489 e. The SMILES string of the molecule is CCC1(NCc2cc(Cl)c3c(c2)OCCCO3)CCC1. The van der Waals surface area contributed by atoms with Crippen molar-refractivity contribution in [2.45, 2.75) is 51.1 Å². The van der Waals surface area contributed by atoms with E-state index >= 15 is 0 Å². The molecule has 0 spiro atoms. The van der Waals surface area contributed by atoms with Crippen molar-refractivity contribution >= 4 is 11.6 Å². The molecule has 1 aliphatic heterocycles. The van der Waals surface area contributed by atoms with Gasteiger partial charge in [0.25, 0.3) is 0 Å². The van der Waals surface area contributed by atoms with Gasteiger partial charge in [-0.15, -0.1) is 0 Å². The Bertz CT molecular complexity index is 480. The van der Waals surface area contributed by atoms with Crippen LogP contribution in [0.3, 0.4) is 0 Å². The highest BCUT2D eigenvalue weighted by molar-refractivity contribution is 6.32. The van der Waals surface area contributed by atoms with E-state index in [1.165, 1.54) is 31.2 Å². The molecule has 4 heteroatoms. The highest BCUT2D eigenvalue weighted by atomic mass is 35.5. The first kappa shape index (κ1) is 14.0. The highest BCUT2D eigenvalue weighted by Crippen LogP contribution is 2.39. The predicted octanol–water partition coefficient (Wildman–Crippen LogP) is 3.92. The van der Waals surface area contributed by atoms with Gasteiger partial charge < -0.3 is 14.8 Å². The molecular formula is C16H22ClNO2. The normalized spacial score (nSPS) is 20.1. The minimum Gasteiger partial charge on any atom is -0.489 e. The third-order valence-corrected chi connectivity index (χ3v) is 4.80. The number of hydrogen-bond donors (Lipinski definition) is 1. The summed E-state index contributed by atoms with van der Waals surface area (Å²) in [6.45, 7) is 4.46. The van der Waals surface area contributed by atoms with E-state index in [1.807, 2.05) is 6.07 Å². The Morgan fingerprint density at radius 2 is 2.00 bits per heavy atom. The number of benzene rings is 1. The van der Waals surface area contributed by atoms with Crippen molar-refractivity contribution in [3.63, 3.8) is 0 Å². The lowest BCUT2D eigenvalue weighted by Crippen LogP contribution is -2.49. The van der Waals surface area contributed by atoms with Gasteiger partial charge in [-0.2, -0.15) is 0 Å². The predicted molar refractivity (Wildman–Crippen MR) is 80.8 cm³/mol. The molecule has 1 aromatic rings. The molecule has 20 heavy (non-hydrogen) atoms. The highest BCUT2D eigenvalue weighted by Gasteiger charge is 2.34. The van der Waals surface area contributed by atoms with Gasteiger partial charge in [-0.1, -0.05) is 18.5 Å². The van der Waals surface area contributed by atoms with Crippen LogP contribution in [0.15, 0.2) is 12.1 Å². The van der Waals surface area contributed by atoms with Crippen LogP contribution in [0.2, 0.25) is 5.02 Å². The lowest BCUT2D eigenvalue weighted by atomic mass is 9.75. The summed E-state index contributed by atoms with van der Waals surface area (Å²) in [5, 5.41) is 4.35. The lowest BCUT2D eigenvalue weighted by molar-refractivity contribution is 0.175. The van der Waals surface area contributed by atoms with Crippen molar-refractivity contribution in [1.29, 1.82) is 0 Å². The summed E-state index contributed by atoms with van der Waals surface area (Å²) in [5.74, 6) is 1.48. The minimum absolute atomic E-state index is 0.344. The third kappa shape index (κ3) is 2.75. The molecule has 0 aromatic heterocycles. The summed E-state index contributed by atoms with van der Waals surface area (Å²) in [6, 6.07) is 4.05. The van der Waals surface area contributed by atoms with Crippen molar-refractivity contribution in [2.75, 3.05) is 13.2 Å². The van der Waals surface area contributed by atoms with E-state index in [0.29, 0.717) is 29.5 Å². The van der Waals surface area contributed by atoms with Crippen LogP contribution in [0.5, 0.6) is 11.5 Å². The average Bonchev–Trinajstić information content (AvgIpc) is 2.63.